The molecule has 0 aliphatic carbocycles. The van der Waals surface area contributed by atoms with Gasteiger partial charge in [0.25, 0.3) is 0 Å². The maximum Gasteiger partial charge on any atom is 0.0557 e. The lowest BCUT2D eigenvalue weighted by atomic mass is 9.78. The Hall–Kier alpha value is -0.0800. The summed E-state index contributed by atoms with van der Waals surface area (Å²) < 4.78 is 5.31. The standard InChI is InChI=1S/C10H21NO/c1-9(2)5-10(6-11(3)4)7-12-8-10/h9H,5-8H2,1-4H3. The minimum absolute atomic E-state index is 0.470. The van der Waals surface area contributed by atoms with Crippen molar-refractivity contribution in [1.29, 1.82) is 0 Å². The van der Waals surface area contributed by atoms with E-state index in [1.54, 1.807) is 0 Å². The van der Waals surface area contributed by atoms with Crippen molar-refractivity contribution in [3.8, 4) is 0 Å². The van der Waals surface area contributed by atoms with E-state index < -0.39 is 0 Å². The van der Waals surface area contributed by atoms with Gasteiger partial charge in [-0.2, -0.15) is 0 Å². The largest absolute Gasteiger partial charge is 0.380 e. The zero-order valence-electron chi connectivity index (χ0n) is 8.76. The minimum atomic E-state index is 0.470. The molecule has 2 heteroatoms. The van der Waals surface area contributed by atoms with Crippen molar-refractivity contribution in [1.82, 2.24) is 4.90 Å². The summed E-state index contributed by atoms with van der Waals surface area (Å²) in [4.78, 5) is 2.27. The Morgan fingerprint density at radius 1 is 1.33 bits per heavy atom. The van der Waals surface area contributed by atoms with Gasteiger partial charge in [-0.1, -0.05) is 13.8 Å². The van der Waals surface area contributed by atoms with Crippen LogP contribution in [0, 0.1) is 11.3 Å². The van der Waals surface area contributed by atoms with Gasteiger partial charge in [-0.25, -0.2) is 0 Å². The minimum Gasteiger partial charge on any atom is -0.380 e. The van der Waals surface area contributed by atoms with Gasteiger partial charge in [-0.05, 0) is 26.4 Å². The van der Waals surface area contributed by atoms with Crippen LogP contribution in [0.4, 0.5) is 0 Å². The van der Waals surface area contributed by atoms with E-state index in [1.165, 1.54) is 13.0 Å². The van der Waals surface area contributed by atoms with Crippen LogP contribution in [0.15, 0.2) is 0 Å². The molecule has 72 valence electrons. The van der Waals surface area contributed by atoms with E-state index >= 15 is 0 Å². The van der Waals surface area contributed by atoms with Crippen molar-refractivity contribution in [2.24, 2.45) is 11.3 Å². The maximum absolute atomic E-state index is 5.31. The predicted molar refractivity (Wildman–Crippen MR) is 51.3 cm³/mol. The highest BCUT2D eigenvalue weighted by Gasteiger charge is 2.39. The summed E-state index contributed by atoms with van der Waals surface area (Å²) in [5.41, 5.74) is 0.470. The molecule has 0 spiro atoms. The van der Waals surface area contributed by atoms with Gasteiger partial charge in [-0.3, -0.25) is 0 Å². The fraction of sp³-hybridized carbons (Fsp3) is 1.00. The van der Waals surface area contributed by atoms with Crippen molar-refractivity contribution in [3.63, 3.8) is 0 Å². The van der Waals surface area contributed by atoms with E-state index in [9.17, 15) is 0 Å². The topological polar surface area (TPSA) is 12.5 Å². The van der Waals surface area contributed by atoms with Crippen LogP contribution < -0.4 is 0 Å². The normalized spacial score (nSPS) is 21.5. The average molecular weight is 171 g/mol. The third-order valence-corrected chi connectivity index (χ3v) is 2.31. The molecule has 1 saturated heterocycles. The molecule has 0 amide bonds. The van der Waals surface area contributed by atoms with Crippen LogP contribution in [-0.2, 0) is 4.74 Å². The molecule has 0 N–H and O–H groups in total. The zero-order chi connectivity index (χ0) is 9.19. The zero-order valence-corrected chi connectivity index (χ0v) is 8.76. The van der Waals surface area contributed by atoms with E-state index in [-0.39, 0.29) is 0 Å². The summed E-state index contributed by atoms with van der Waals surface area (Å²) in [6.45, 7) is 7.67. The second-order valence-electron chi connectivity index (χ2n) is 4.83. The van der Waals surface area contributed by atoms with Crippen molar-refractivity contribution < 1.29 is 4.74 Å². The first-order valence-corrected chi connectivity index (χ1v) is 4.77. The Morgan fingerprint density at radius 2 is 1.92 bits per heavy atom. The monoisotopic (exact) mass is 171 g/mol. The lowest BCUT2D eigenvalue weighted by Gasteiger charge is -2.44. The third kappa shape index (κ3) is 2.46. The van der Waals surface area contributed by atoms with E-state index in [1.807, 2.05) is 0 Å². The average Bonchev–Trinajstić information content (AvgIpc) is 1.80. The highest BCUT2D eigenvalue weighted by molar-refractivity contribution is 4.88. The van der Waals surface area contributed by atoms with Gasteiger partial charge < -0.3 is 9.64 Å². The molecule has 0 aromatic carbocycles. The van der Waals surface area contributed by atoms with Crippen molar-refractivity contribution in [2.75, 3.05) is 33.9 Å². The van der Waals surface area contributed by atoms with Gasteiger partial charge in [0.15, 0.2) is 0 Å². The number of ether oxygens (including phenoxy) is 1. The summed E-state index contributed by atoms with van der Waals surface area (Å²) in [6.07, 6.45) is 1.30. The van der Waals surface area contributed by atoms with Crippen LogP contribution in [0.25, 0.3) is 0 Å². The molecule has 0 unspecified atom stereocenters. The second kappa shape index (κ2) is 3.75. The first-order valence-electron chi connectivity index (χ1n) is 4.77. The molecule has 12 heavy (non-hydrogen) atoms. The number of rotatable bonds is 4. The molecular weight excluding hydrogens is 150 g/mol. The first-order chi connectivity index (χ1) is 5.54. The van der Waals surface area contributed by atoms with Gasteiger partial charge in [0, 0.05) is 12.0 Å². The van der Waals surface area contributed by atoms with Gasteiger partial charge in [0.2, 0.25) is 0 Å². The van der Waals surface area contributed by atoms with Crippen LogP contribution in [0.1, 0.15) is 20.3 Å². The van der Waals surface area contributed by atoms with Crippen molar-refractivity contribution in [2.45, 2.75) is 20.3 Å². The van der Waals surface area contributed by atoms with E-state index in [2.05, 4.69) is 32.8 Å². The molecule has 0 radical (unpaired) electrons. The van der Waals surface area contributed by atoms with Gasteiger partial charge in [-0.15, -0.1) is 0 Å². The summed E-state index contributed by atoms with van der Waals surface area (Å²) in [6, 6.07) is 0. The molecule has 1 aliphatic rings. The molecule has 1 fully saturated rings. The highest BCUT2D eigenvalue weighted by atomic mass is 16.5. The summed E-state index contributed by atoms with van der Waals surface area (Å²) in [5.74, 6) is 0.786. The Balaban J connectivity index is 2.39. The van der Waals surface area contributed by atoms with Crippen LogP contribution >= 0.6 is 0 Å². The number of hydrogen-bond acceptors (Lipinski definition) is 2. The van der Waals surface area contributed by atoms with Gasteiger partial charge in [0.05, 0.1) is 13.2 Å². The SMILES string of the molecule is CC(C)CC1(CN(C)C)COC1. The van der Waals surface area contributed by atoms with Crippen LogP contribution in [0.5, 0.6) is 0 Å². The molecule has 1 heterocycles. The van der Waals surface area contributed by atoms with E-state index in [4.69, 9.17) is 4.74 Å². The lowest BCUT2D eigenvalue weighted by molar-refractivity contribution is -0.131. The Kier molecular flexibility index (Phi) is 3.13. The maximum atomic E-state index is 5.31. The van der Waals surface area contributed by atoms with E-state index in [0.717, 1.165) is 19.1 Å². The van der Waals surface area contributed by atoms with Gasteiger partial charge in [0.1, 0.15) is 0 Å². The fourth-order valence-corrected chi connectivity index (χ4v) is 2.20. The van der Waals surface area contributed by atoms with Gasteiger partial charge >= 0.3 is 0 Å². The van der Waals surface area contributed by atoms with Crippen LogP contribution in [0.3, 0.4) is 0 Å². The number of hydrogen-bond donors (Lipinski definition) is 0. The Bertz CT molecular complexity index is 127. The second-order valence-corrected chi connectivity index (χ2v) is 4.83. The predicted octanol–water partition coefficient (Wildman–Crippen LogP) is 1.61. The third-order valence-electron chi connectivity index (χ3n) is 2.31. The Morgan fingerprint density at radius 3 is 2.17 bits per heavy atom. The van der Waals surface area contributed by atoms with Crippen LogP contribution in [-0.4, -0.2) is 38.8 Å². The summed E-state index contributed by atoms with van der Waals surface area (Å²) in [7, 11) is 4.28. The first kappa shape index (κ1) is 10.0. The molecule has 1 rings (SSSR count). The molecule has 0 atom stereocenters. The quantitative estimate of drug-likeness (QED) is 0.637. The van der Waals surface area contributed by atoms with Crippen LogP contribution in [0.2, 0.25) is 0 Å². The van der Waals surface area contributed by atoms with E-state index in [0.29, 0.717) is 5.41 Å². The smallest absolute Gasteiger partial charge is 0.0557 e. The summed E-state index contributed by atoms with van der Waals surface area (Å²) in [5, 5.41) is 0. The highest BCUT2D eigenvalue weighted by Crippen LogP contribution is 2.34. The summed E-state index contributed by atoms with van der Waals surface area (Å²) >= 11 is 0. The molecule has 0 aromatic heterocycles. The molecule has 2 nitrogen and oxygen atoms in total. The molecule has 0 saturated carbocycles. The lowest BCUT2D eigenvalue weighted by Crippen LogP contribution is -2.50. The molecule has 0 bridgehead atoms. The molecule has 1 aliphatic heterocycles. The van der Waals surface area contributed by atoms with Crippen molar-refractivity contribution in [3.05, 3.63) is 0 Å². The van der Waals surface area contributed by atoms with Crippen molar-refractivity contribution >= 4 is 0 Å². The molecule has 0 aromatic rings. The molecular formula is C10H21NO. The Labute approximate surface area is 75.9 Å². The fourth-order valence-electron chi connectivity index (χ4n) is 2.20. The number of nitrogens with zero attached hydrogens (tertiary/aromatic N) is 1.